The van der Waals surface area contributed by atoms with Gasteiger partial charge in [0.1, 0.15) is 11.2 Å². The molecule has 2 N–H and O–H groups in total. The number of rotatable bonds is 4. The zero-order chi connectivity index (χ0) is 13.7. The van der Waals surface area contributed by atoms with Crippen molar-refractivity contribution in [1.82, 2.24) is 20.3 Å². The summed E-state index contributed by atoms with van der Waals surface area (Å²) < 4.78 is 4.42. The fourth-order valence-corrected chi connectivity index (χ4v) is 1.41. The third-order valence-corrected chi connectivity index (χ3v) is 2.33. The molecule has 98 valence electrons. The monoisotopic (exact) mass is 260 g/mol. The standard InChI is InChI=1S/C12H12N4O3/c1-19-10(17)3-2-5-14-12(18)9-7-15-11-8(16-9)4-6-13-11/h2-4,6-7H,5H2,1H3,(H,13,15)(H,14,18)/b3-2+. The Morgan fingerprint density at radius 2 is 2.37 bits per heavy atom. The van der Waals surface area contributed by atoms with Crippen molar-refractivity contribution in [3.63, 3.8) is 0 Å². The molecule has 0 unspecified atom stereocenters. The molecule has 0 spiro atoms. The van der Waals surface area contributed by atoms with E-state index in [2.05, 4.69) is 25.0 Å². The number of amides is 1. The molecule has 2 aromatic heterocycles. The van der Waals surface area contributed by atoms with Crippen molar-refractivity contribution in [2.45, 2.75) is 0 Å². The summed E-state index contributed by atoms with van der Waals surface area (Å²) in [6.45, 7) is 0.209. The van der Waals surface area contributed by atoms with Crippen LogP contribution in [0.4, 0.5) is 0 Å². The fraction of sp³-hybridized carbons (Fsp3) is 0.167. The van der Waals surface area contributed by atoms with Gasteiger partial charge in [-0.1, -0.05) is 6.08 Å². The smallest absolute Gasteiger partial charge is 0.330 e. The minimum Gasteiger partial charge on any atom is -0.466 e. The molecule has 0 saturated heterocycles. The quantitative estimate of drug-likeness (QED) is 0.613. The number of carbonyl (C=O) groups is 2. The number of hydrogen-bond donors (Lipinski definition) is 2. The number of nitrogens with zero attached hydrogens (tertiary/aromatic N) is 2. The average Bonchev–Trinajstić information content (AvgIpc) is 2.90. The predicted molar refractivity (Wildman–Crippen MR) is 67.4 cm³/mol. The van der Waals surface area contributed by atoms with Crippen molar-refractivity contribution in [1.29, 1.82) is 0 Å². The summed E-state index contributed by atoms with van der Waals surface area (Å²) in [5.74, 6) is -0.826. The molecule has 0 atom stereocenters. The van der Waals surface area contributed by atoms with Crippen LogP contribution in [0, 0.1) is 0 Å². The lowest BCUT2D eigenvalue weighted by atomic mass is 10.4. The van der Waals surface area contributed by atoms with Gasteiger partial charge in [-0.2, -0.15) is 0 Å². The Morgan fingerprint density at radius 3 is 3.16 bits per heavy atom. The highest BCUT2D eigenvalue weighted by atomic mass is 16.5. The molecule has 19 heavy (non-hydrogen) atoms. The van der Waals surface area contributed by atoms with Crippen LogP contribution in [-0.4, -0.2) is 40.5 Å². The van der Waals surface area contributed by atoms with Crippen molar-refractivity contribution in [3.05, 3.63) is 36.3 Å². The van der Waals surface area contributed by atoms with Crippen molar-refractivity contribution >= 4 is 23.0 Å². The largest absolute Gasteiger partial charge is 0.466 e. The zero-order valence-electron chi connectivity index (χ0n) is 10.2. The molecular formula is C12H12N4O3. The van der Waals surface area contributed by atoms with Crippen molar-refractivity contribution in [3.8, 4) is 0 Å². The Balaban J connectivity index is 1.96. The maximum Gasteiger partial charge on any atom is 0.330 e. The van der Waals surface area contributed by atoms with Crippen molar-refractivity contribution in [2.24, 2.45) is 0 Å². The first-order chi connectivity index (χ1) is 9.20. The fourth-order valence-electron chi connectivity index (χ4n) is 1.41. The number of ether oxygens (including phenoxy) is 1. The highest BCUT2D eigenvalue weighted by molar-refractivity contribution is 5.93. The number of hydrogen-bond acceptors (Lipinski definition) is 5. The van der Waals surface area contributed by atoms with Crippen LogP contribution in [-0.2, 0) is 9.53 Å². The number of carbonyl (C=O) groups excluding carboxylic acids is 2. The van der Waals surface area contributed by atoms with Gasteiger partial charge in [0, 0.05) is 18.8 Å². The first-order valence-electron chi connectivity index (χ1n) is 5.53. The molecule has 0 radical (unpaired) electrons. The van der Waals surface area contributed by atoms with Gasteiger partial charge in [-0.15, -0.1) is 0 Å². The molecule has 0 saturated carbocycles. The van der Waals surface area contributed by atoms with Crippen LogP contribution < -0.4 is 5.32 Å². The van der Waals surface area contributed by atoms with E-state index in [1.54, 1.807) is 12.3 Å². The molecule has 1 amide bonds. The van der Waals surface area contributed by atoms with Gasteiger partial charge in [0.2, 0.25) is 0 Å². The molecule has 2 aromatic rings. The number of aromatic amines is 1. The third-order valence-electron chi connectivity index (χ3n) is 2.33. The lowest BCUT2D eigenvalue weighted by Gasteiger charge is -2.01. The summed E-state index contributed by atoms with van der Waals surface area (Å²) in [6.07, 6.45) is 5.82. The van der Waals surface area contributed by atoms with Crippen LogP contribution >= 0.6 is 0 Å². The first-order valence-corrected chi connectivity index (χ1v) is 5.53. The van der Waals surface area contributed by atoms with E-state index >= 15 is 0 Å². The number of esters is 1. The molecule has 0 aliphatic rings. The summed E-state index contributed by atoms with van der Waals surface area (Å²) in [4.78, 5) is 33.6. The number of aromatic nitrogens is 3. The van der Waals surface area contributed by atoms with Crippen LogP contribution in [0.25, 0.3) is 11.2 Å². The zero-order valence-corrected chi connectivity index (χ0v) is 10.2. The molecule has 2 heterocycles. The van der Waals surface area contributed by atoms with Gasteiger partial charge in [-0.05, 0) is 6.07 Å². The Hall–Kier alpha value is -2.70. The van der Waals surface area contributed by atoms with Crippen LogP contribution in [0.3, 0.4) is 0 Å². The predicted octanol–water partition coefficient (Wildman–Crippen LogP) is 0.417. The van der Waals surface area contributed by atoms with E-state index in [0.717, 1.165) is 0 Å². The van der Waals surface area contributed by atoms with E-state index < -0.39 is 5.97 Å². The molecule has 2 rings (SSSR count). The van der Waals surface area contributed by atoms with Crippen LogP contribution in [0.1, 0.15) is 10.5 Å². The second-order valence-corrected chi connectivity index (χ2v) is 3.60. The maximum absolute atomic E-state index is 11.8. The second kappa shape index (κ2) is 5.76. The topological polar surface area (TPSA) is 97.0 Å². The van der Waals surface area contributed by atoms with Gasteiger partial charge >= 0.3 is 5.97 Å². The minimum absolute atomic E-state index is 0.209. The van der Waals surface area contributed by atoms with Crippen LogP contribution in [0.5, 0.6) is 0 Å². The third kappa shape index (κ3) is 3.15. The lowest BCUT2D eigenvalue weighted by molar-refractivity contribution is -0.134. The number of methoxy groups -OCH3 is 1. The molecule has 0 fully saturated rings. The van der Waals surface area contributed by atoms with E-state index in [9.17, 15) is 9.59 Å². The first kappa shape index (κ1) is 12.7. The van der Waals surface area contributed by atoms with Crippen LogP contribution in [0.15, 0.2) is 30.6 Å². The van der Waals surface area contributed by atoms with E-state index in [1.807, 2.05) is 0 Å². The number of H-pyrrole nitrogens is 1. The summed E-state index contributed by atoms with van der Waals surface area (Å²) >= 11 is 0. The van der Waals surface area contributed by atoms with Crippen LogP contribution in [0.2, 0.25) is 0 Å². The Bertz CT molecular complexity index is 633. The molecule has 0 aliphatic heterocycles. The molecule has 7 heteroatoms. The summed E-state index contributed by atoms with van der Waals surface area (Å²) in [5.41, 5.74) is 1.47. The molecular weight excluding hydrogens is 248 g/mol. The average molecular weight is 260 g/mol. The number of fused-ring (bicyclic) bond motifs is 1. The van der Waals surface area contributed by atoms with E-state index in [-0.39, 0.29) is 18.1 Å². The van der Waals surface area contributed by atoms with E-state index in [1.165, 1.54) is 25.5 Å². The Kier molecular flexibility index (Phi) is 3.87. The lowest BCUT2D eigenvalue weighted by Crippen LogP contribution is -2.24. The molecule has 0 bridgehead atoms. The normalized spacial score (nSPS) is 10.8. The molecule has 0 aromatic carbocycles. The van der Waals surface area contributed by atoms with Gasteiger partial charge < -0.3 is 15.0 Å². The molecule has 7 nitrogen and oxygen atoms in total. The maximum atomic E-state index is 11.8. The van der Waals surface area contributed by atoms with Gasteiger partial charge in [-0.25, -0.2) is 14.8 Å². The van der Waals surface area contributed by atoms with Gasteiger partial charge in [-0.3, -0.25) is 4.79 Å². The number of nitrogens with one attached hydrogen (secondary N) is 2. The Morgan fingerprint density at radius 1 is 1.53 bits per heavy atom. The minimum atomic E-state index is -0.470. The molecule has 0 aliphatic carbocycles. The van der Waals surface area contributed by atoms with E-state index in [0.29, 0.717) is 11.2 Å². The van der Waals surface area contributed by atoms with Gasteiger partial charge in [0.25, 0.3) is 5.91 Å². The summed E-state index contributed by atoms with van der Waals surface area (Å²) in [5, 5.41) is 2.59. The van der Waals surface area contributed by atoms with E-state index in [4.69, 9.17) is 0 Å². The SMILES string of the molecule is COC(=O)/C=C/CNC(=O)c1cnc2[nH]ccc2n1. The summed E-state index contributed by atoms with van der Waals surface area (Å²) in [7, 11) is 1.28. The highest BCUT2D eigenvalue weighted by Crippen LogP contribution is 2.06. The van der Waals surface area contributed by atoms with Gasteiger partial charge in [0.15, 0.2) is 5.65 Å². The highest BCUT2D eigenvalue weighted by Gasteiger charge is 2.08. The van der Waals surface area contributed by atoms with Crippen molar-refractivity contribution in [2.75, 3.05) is 13.7 Å². The van der Waals surface area contributed by atoms with Gasteiger partial charge in [0.05, 0.1) is 13.3 Å². The summed E-state index contributed by atoms with van der Waals surface area (Å²) in [6, 6.07) is 1.73. The second-order valence-electron chi connectivity index (χ2n) is 3.60. The Labute approximate surface area is 108 Å². The van der Waals surface area contributed by atoms with Crippen molar-refractivity contribution < 1.29 is 14.3 Å².